The van der Waals surface area contributed by atoms with E-state index in [1.807, 2.05) is 0 Å². The Balaban J connectivity index is 2.33. The van der Waals surface area contributed by atoms with Gasteiger partial charge in [-0.2, -0.15) is 0 Å². The summed E-state index contributed by atoms with van der Waals surface area (Å²) < 4.78 is 0. The largest absolute Gasteiger partial charge is 0.355 e. The molecular weight excluding hydrogens is 224 g/mol. The van der Waals surface area contributed by atoms with Gasteiger partial charge in [-0.3, -0.25) is 14.9 Å². The highest BCUT2D eigenvalue weighted by molar-refractivity contribution is 5.96. The van der Waals surface area contributed by atoms with E-state index in [0.717, 1.165) is 0 Å². The van der Waals surface area contributed by atoms with Crippen molar-refractivity contribution in [1.82, 2.24) is 21.3 Å². The molecule has 0 bridgehead atoms. The number of piperidine rings is 1. The fourth-order valence-corrected chi connectivity index (χ4v) is 1.59. The molecule has 4 amide bonds. The number of amides is 4. The van der Waals surface area contributed by atoms with E-state index >= 15 is 0 Å². The highest BCUT2D eigenvalue weighted by Gasteiger charge is 2.22. The van der Waals surface area contributed by atoms with Crippen molar-refractivity contribution in [3.05, 3.63) is 0 Å². The third-order valence-electron chi connectivity index (χ3n) is 2.61. The SMILES string of the molecule is CNC(=O)NC(=O)C(C)NC1CCC(=O)NC1. The maximum atomic E-state index is 11.5. The fraction of sp³-hybridized carbons (Fsp3) is 0.700. The van der Waals surface area contributed by atoms with Gasteiger partial charge in [0.25, 0.3) is 0 Å². The van der Waals surface area contributed by atoms with Crippen LogP contribution in [0.3, 0.4) is 0 Å². The first-order valence-electron chi connectivity index (χ1n) is 5.58. The summed E-state index contributed by atoms with van der Waals surface area (Å²) in [5, 5.41) is 10.3. The van der Waals surface area contributed by atoms with Gasteiger partial charge in [0, 0.05) is 26.1 Å². The Kier molecular flexibility index (Phi) is 4.89. The van der Waals surface area contributed by atoms with Gasteiger partial charge in [-0.15, -0.1) is 0 Å². The molecule has 0 spiro atoms. The first-order valence-corrected chi connectivity index (χ1v) is 5.58. The van der Waals surface area contributed by atoms with Gasteiger partial charge >= 0.3 is 6.03 Å². The minimum Gasteiger partial charge on any atom is -0.355 e. The number of urea groups is 1. The molecule has 17 heavy (non-hydrogen) atoms. The lowest BCUT2D eigenvalue weighted by atomic mass is 10.1. The van der Waals surface area contributed by atoms with Gasteiger partial charge in [0.1, 0.15) is 0 Å². The summed E-state index contributed by atoms with van der Waals surface area (Å²) in [6.07, 6.45) is 1.16. The summed E-state index contributed by atoms with van der Waals surface area (Å²) in [6, 6.07) is -0.939. The molecule has 7 heteroatoms. The van der Waals surface area contributed by atoms with Gasteiger partial charge in [-0.25, -0.2) is 4.79 Å². The maximum Gasteiger partial charge on any atom is 0.321 e. The smallest absolute Gasteiger partial charge is 0.321 e. The minimum absolute atomic E-state index is 0.0329. The van der Waals surface area contributed by atoms with Crippen LogP contribution in [-0.2, 0) is 9.59 Å². The molecule has 2 unspecified atom stereocenters. The van der Waals surface area contributed by atoms with Crippen LogP contribution in [0.15, 0.2) is 0 Å². The normalized spacial score (nSPS) is 21.3. The molecule has 0 aromatic rings. The van der Waals surface area contributed by atoms with E-state index in [9.17, 15) is 14.4 Å². The third-order valence-corrected chi connectivity index (χ3v) is 2.61. The van der Waals surface area contributed by atoms with Crippen LogP contribution >= 0.6 is 0 Å². The van der Waals surface area contributed by atoms with E-state index in [4.69, 9.17) is 0 Å². The summed E-state index contributed by atoms with van der Waals surface area (Å²) in [5.41, 5.74) is 0. The number of imide groups is 1. The second-order valence-corrected chi connectivity index (χ2v) is 4.00. The van der Waals surface area contributed by atoms with Crippen molar-refractivity contribution in [2.45, 2.75) is 31.8 Å². The second-order valence-electron chi connectivity index (χ2n) is 4.00. The van der Waals surface area contributed by atoms with Crippen LogP contribution in [0.2, 0.25) is 0 Å². The van der Waals surface area contributed by atoms with Gasteiger partial charge in [0.15, 0.2) is 0 Å². The Morgan fingerprint density at radius 3 is 2.71 bits per heavy atom. The van der Waals surface area contributed by atoms with Crippen LogP contribution in [0, 0.1) is 0 Å². The van der Waals surface area contributed by atoms with Crippen LogP contribution in [0.4, 0.5) is 4.79 Å². The molecule has 0 aromatic heterocycles. The van der Waals surface area contributed by atoms with Crippen molar-refractivity contribution in [3.63, 3.8) is 0 Å². The number of rotatable bonds is 3. The minimum atomic E-state index is -0.527. The van der Waals surface area contributed by atoms with E-state index in [1.165, 1.54) is 7.05 Å². The van der Waals surface area contributed by atoms with E-state index in [0.29, 0.717) is 19.4 Å². The Hall–Kier alpha value is -1.63. The average molecular weight is 242 g/mol. The van der Waals surface area contributed by atoms with E-state index in [-0.39, 0.29) is 17.9 Å². The molecule has 1 fully saturated rings. The van der Waals surface area contributed by atoms with Gasteiger partial charge in [-0.1, -0.05) is 0 Å². The molecule has 0 aromatic carbocycles. The molecule has 0 saturated carbocycles. The summed E-state index contributed by atoms with van der Waals surface area (Å²) in [4.78, 5) is 33.4. The summed E-state index contributed by atoms with van der Waals surface area (Å²) >= 11 is 0. The lowest BCUT2D eigenvalue weighted by Gasteiger charge is -2.26. The molecule has 2 atom stereocenters. The summed E-state index contributed by atoms with van der Waals surface area (Å²) in [7, 11) is 1.44. The number of carbonyl (C=O) groups is 3. The van der Waals surface area contributed by atoms with Crippen LogP contribution in [0.5, 0.6) is 0 Å². The Morgan fingerprint density at radius 2 is 2.18 bits per heavy atom. The quantitative estimate of drug-likeness (QED) is 0.494. The monoisotopic (exact) mass is 242 g/mol. The van der Waals surface area contributed by atoms with E-state index < -0.39 is 12.1 Å². The molecule has 1 aliphatic rings. The van der Waals surface area contributed by atoms with Crippen molar-refractivity contribution in [2.24, 2.45) is 0 Å². The highest BCUT2D eigenvalue weighted by Crippen LogP contribution is 2.03. The second kappa shape index (κ2) is 6.19. The molecular formula is C10H18N4O3. The average Bonchev–Trinajstić information content (AvgIpc) is 2.31. The first-order chi connectivity index (χ1) is 8.02. The summed E-state index contributed by atoms with van der Waals surface area (Å²) in [6.45, 7) is 2.19. The third kappa shape index (κ3) is 4.39. The lowest BCUT2D eigenvalue weighted by molar-refractivity contribution is -0.122. The predicted molar refractivity (Wildman–Crippen MR) is 61.2 cm³/mol. The van der Waals surface area contributed by atoms with Gasteiger partial charge in [-0.05, 0) is 13.3 Å². The van der Waals surface area contributed by atoms with E-state index in [1.54, 1.807) is 6.92 Å². The standard InChI is InChI=1S/C10H18N4O3/c1-6(9(16)14-10(17)11-2)13-7-3-4-8(15)12-5-7/h6-7,13H,3-5H2,1-2H3,(H,12,15)(H2,11,14,16,17). The predicted octanol–water partition coefficient (Wildman–Crippen LogP) is -1.30. The molecule has 7 nitrogen and oxygen atoms in total. The zero-order valence-corrected chi connectivity index (χ0v) is 10.0. The van der Waals surface area contributed by atoms with Crippen molar-refractivity contribution >= 4 is 17.8 Å². The molecule has 1 rings (SSSR count). The number of hydrogen-bond acceptors (Lipinski definition) is 4. The maximum absolute atomic E-state index is 11.5. The van der Waals surface area contributed by atoms with Crippen molar-refractivity contribution in [1.29, 1.82) is 0 Å². The zero-order chi connectivity index (χ0) is 12.8. The molecule has 0 radical (unpaired) electrons. The van der Waals surface area contributed by atoms with Gasteiger partial charge in [0.2, 0.25) is 11.8 Å². The molecule has 96 valence electrons. The first kappa shape index (κ1) is 13.4. The van der Waals surface area contributed by atoms with Crippen LogP contribution in [0.1, 0.15) is 19.8 Å². The van der Waals surface area contributed by atoms with Gasteiger partial charge in [0.05, 0.1) is 6.04 Å². The van der Waals surface area contributed by atoms with Crippen LogP contribution < -0.4 is 21.3 Å². The highest BCUT2D eigenvalue weighted by atomic mass is 16.2. The molecule has 4 N–H and O–H groups in total. The van der Waals surface area contributed by atoms with Crippen LogP contribution in [0.25, 0.3) is 0 Å². The van der Waals surface area contributed by atoms with Crippen molar-refractivity contribution in [3.8, 4) is 0 Å². The van der Waals surface area contributed by atoms with E-state index in [2.05, 4.69) is 21.3 Å². The Bertz CT molecular complexity index is 309. The van der Waals surface area contributed by atoms with Crippen molar-refractivity contribution < 1.29 is 14.4 Å². The fourth-order valence-electron chi connectivity index (χ4n) is 1.59. The zero-order valence-electron chi connectivity index (χ0n) is 10.0. The molecule has 1 heterocycles. The number of hydrogen-bond donors (Lipinski definition) is 4. The number of carbonyl (C=O) groups excluding carboxylic acids is 3. The topological polar surface area (TPSA) is 99.3 Å². The molecule has 1 aliphatic heterocycles. The van der Waals surface area contributed by atoms with Crippen LogP contribution in [-0.4, -0.2) is 43.5 Å². The number of nitrogens with one attached hydrogen (secondary N) is 4. The van der Waals surface area contributed by atoms with Crippen molar-refractivity contribution in [2.75, 3.05) is 13.6 Å². The Morgan fingerprint density at radius 1 is 1.47 bits per heavy atom. The summed E-state index contributed by atoms with van der Waals surface area (Å²) in [5.74, 6) is -0.355. The Labute approximate surface area is 99.7 Å². The molecule has 0 aliphatic carbocycles. The lowest BCUT2D eigenvalue weighted by Crippen LogP contribution is -2.54. The molecule has 1 saturated heterocycles. The van der Waals surface area contributed by atoms with Gasteiger partial charge < -0.3 is 16.0 Å².